The van der Waals surface area contributed by atoms with Crippen molar-refractivity contribution in [3.8, 4) is 0 Å². The van der Waals surface area contributed by atoms with Crippen LogP contribution in [0, 0.1) is 0 Å². The number of hydrogen-bond donors (Lipinski definition) is 2. The van der Waals surface area contributed by atoms with Crippen LogP contribution in [0.3, 0.4) is 0 Å². The zero-order valence-electron chi connectivity index (χ0n) is 20.4. The lowest BCUT2D eigenvalue weighted by atomic mass is 9.93. The van der Waals surface area contributed by atoms with Crippen LogP contribution in [0.5, 0.6) is 0 Å². The number of hydrogen-bond acceptors (Lipinski definition) is 6. The van der Waals surface area contributed by atoms with Crippen LogP contribution in [0.4, 0.5) is 0 Å². The molecule has 190 valence electrons. The highest BCUT2D eigenvalue weighted by atomic mass is 16.6. The second-order valence-electron chi connectivity index (χ2n) is 9.54. The van der Waals surface area contributed by atoms with E-state index in [1.54, 1.807) is 0 Å². The Morgan fingerprint density at radius 1 is 0.722 bits per heavy atom. The van der Waals surface area contributed by atoms with Crippen LogP contribution in [0.1, 0.15) is 23.1 Å². The Balaban J connectivity index is 1.34. The lowest BCUT2D eigenvalue weighted by molar-refractivity contribution is -0.225. The molecule has 2 fully saturated rings. The van der Waals surface area contributed by atoms with Gasteiger partial charge in [-0.25, -0.2) is 0 Å². The predicted molar refractivity (Wildman–Crippen MR) is 137 cm³/mol. The van der Waals surface area contributed by atoms with Crippen LogP contribution in [-0.4, -0.2) is 54.8 Å². The Hall–Kier alpha value is -2.58. The van der Waals surface area contributed by atoms with E-state index in [2.05, 4.69) is 41.7 Å². The minimum Gasteiger partial charge on any atom is -0.395 e. The van der Waals surface area contributed by atoms with Crippen molar-refractivity contribution in [3.05, 3.63) is 108 Å². The van der Waals surface area contributed by atoms with Gasteiger partial charge in [0.25, 0.3) is 0 Å². The van der Waals surface area contributed by atoms with Gasteiger partial charge in [0, 0.05) is 6.04 Å². The van der Waals surface area contributed by atoms with Gasteiger partial charge in [-0.05, 0) is 23.1 Å². The van der Waals surface area contributed by atoms with Crippen LogP contribution in [0.25, 0.3) is 0 Å². The zero-order chi connectivity index (χ0) is 24.6. The molecule has 2 saturated heterocycles. The highest BCUT2D eigenvalue weighted by Crippen LogP contribution is 2.33. The first-order valence-electron chi connectivity index (χ1n) is 12.8. The zero-order valence-corrected chi connectivity index (χ0v) is 20.4. The third-order valence-corrected chi connectivity index (χ3v) is 6.92. The number of ether oxygens (including phenoxy) is 4. The summed E-state index contributed by atoms with van der Waals surface area (Å²) in [5, 5.41) is 13.4. The summed E-state index contributed by atoms with van der Waals surface area (Å²) in [6, 6.07) is 30.4. The molecule has 3 aromatic rings. The van der Waals surface area contributed by atoms with Crippen molar-refractivity contribution >= 4 is 0 Å². The molecule has 6 heteroatoms. The van der Waals surface area contributed by atoms with Gasteiger partial charge in [0.2, 0.25) is 0 Å². The summed E-state index contributed by atoms with van der Waals surface area (Å²) in [6.07, 6.45) is -0.235. The predicted octanol–water partition coefficient (Wildman–Crippen LogP) is 3.86. The van der Waals surface area contributed by atoms with Crippen molar-refractivity contribution in [1.29, 1.82) is 0 Å². The fourth-order valence-corrected chi connectivity index (χ4v) is 5.10. The minimum absolute atomic E-state index is 0.0263. The standard InChI is InChI=1S/C30H35NO5/c32-17-25-16-26-28(31-25)30(35-20-24-14-8-3-9-15-24)29(34-19-23-12-6-2-7-13-23)27(36-26)21-33-18-22-10-4-1-5-11-22/h1-15,25-32H,16-21H2/t25-,26+,27?,28?,29+,30-/m0/s1. The molecule has 2 aliphatic heterocycles. The summed E-state index contributed by atoms with van der Waals surface area (Å²) in [5.74, 6) is 0. The monoisotopic (exact) mass is 489 g/mol. The first-order valence-corrected chi connectivity index (χ1v) is 12.8. The molecule has 2 N–H and O–H groups in total. The molecule has 3 aromatic carbocycles. The van der Waals surface area contributed by atoms with Crippen LogP contribution in [-0.2, 0) is 38.8 Å². The van der Waals surface area contributed by atoms with E-state index in [0.717, 1.165) is 23.1 Å². The second kappa shape index (κ2) is 12.6. The molecular weight excluding hydrogens is 454 g/mol. The summed E-state index contributed by atoms with van der Waals surface area (Å²) in [4.78, 5) is 0. The van der Waals surface area contributed by atoms with Gasteiger partial charge in [-0.2, -0.15) is 0 Å². The van der Waals surface area contributed by atoms with Crippen LogP contribution in [0.2, 0.25) is 0 Å². The molecule has 6 atom stereocenters. The first kappa shape index (κ1) is 25.1. The lowest BCUT2D eigenvalue weighted by Gasteiger charge is -2.44. The Bertz CT molecular complexity index is 1030. The van der Waals surface area contributed by atoms with E-state index in [1.807, 2.05) is 54.6 Å². The summed E-state index contributed by atoms with van der Waals surface area (Å²) in [7, 11) is 0. The molecule has 0 saturated carbocycles. The van der Waals surface area contributed by atoms with E-state index in [-0.39, 0.29) is 43.1 Å². The molecule has 5 rings (SSSR count). The van der Waals surface area contributed by atoms with Crippen molar-refractivity contribution in [3.63, 3.8) is 0 Å². The minimum atomic E-state index is -0.337. The SMILES string of the molecule is OC[C@@H]1C[C@H]2OC(COCc3ccccc3)[C@@H](OCc3ccccc3)[C@@H](OCc3ccccc3)C2N1. The maximum absolute atomic E-state index is 9.84. The topological polar surface area (TPSA) is 69.2 Å². The quantitative estimate of drug-likeness (QED) is 0.426. The van der Waals surface area contributed by atoms with Gasteiger partial charge in [-0.15, -0.1) is 0 Å². The lowest BCUT2D eigenvalue weighted by Crippen LogP contribution is -2.62. The normalized spacial score (nSPS) is 27.6. The third-order valence-electron chi connectivity index (χ3n) is 6.92. The average Bonchev–Trinajstić information content (AvgIpc) is 3.35. The molecular formula is C30H35NO5. The maximum atomic E-state index is 9.84. The highest BCUT2D eigenvalue weighted by Gasteiger charge is 2.51. The Kier molecular flexibility index (Phi) is 8.77. The number of fused-ring (bicyclic) bond motifs is 1. The molecule has 0 bridgehead atoms. The van der Waals surface area contributed by atoms with Crippen molar-refractivity contribution in [1.82, 2.24) is 5.32 Å². The first-order chi connectivity index (χ1) is 17.8. The molecule has 36 heavy (non-hydrogen) atoms. The third kappa shape index (κ3) is 6.40. The molecule has 6 nitrogen and oxygen atoms in total. The number of nitrogens with one attached hydrogen (secondary N) is 1. The van der Waals surface area contributed by atoms with Crippen molar-refractivity contribution in [2.24, 2.45) is 0 Å². The maximum Gasteiger partial charge on any atom is 0.114 e. The van der Waals surface area contributed by atoms with Crippen LogP contribution < -0.4 is 5.32 Å². The Morgan fingerprint density at radius 2 is 1.25 bits per heavy atom. The van der Waals surface area contributed by atoms with Gasteiger partial charge < -0.3 is 29.4 Å². The number of aliphatic hydroxyl groups is 1. The van der Waals surface area contributed by atoms with Crippen LogP contribution >= 0.6 is 0 Å². The van der Waals surface area contributed by atoms with Gasteiger partial charge in [0.05, 0.1) is 45.2 Å². The van der Waals surface area contributed by atoms with E-state index in [4.69, 9.17) is 18.9 Å². The van der Waals surface area contributed by atoms with Gasteiger partial charge in [0.15, 0.2) is 0 Å². The molecule has 0 spiro atoms. The Morgan fingerprint density at radius 3 is 1.81 bits per heavy atom. The van der Waals surface area contributed by atoms with E-state index in [0.29, 0.717) is 26.4 Å². The highest BCUT2D eigenvalue weighted by molar-refractivity contribution is 5.16. The van der Waals surface area contributed by atoms with E-state index in [1.165, 1.54) is 0 Å². The number of benzene rings is 3. The van der Waals surface area contributed by atoms with Crippen LogP contribution in [0.15, 0.2) is 91.0 Å². The summed E-state index contributed by atoms with van der Waals surface area (Å²) >= 11 is 0. The fraction of sp³-hybridized carbons (Fsp3) is 0.400. The van der Waals surface area contributed by atoms with E-state index in [9.17, 15) is 5.11 Å². The second-order valence-corrected chi connectivity index (χ2v) is 9.54. The van der Waals surface area contributed by atoms with Gasteiger partial charge >= 0.3 is 0 Å². The van der Waals surface area contributed by atoms with Crippen molar-refractivity contribution in [2.45, 2.75) is 62.7 Å². The number of aliphatic hydroxyl groups excluding tert-OH is 1. The summed E-state index contributed by atoms with van der Waals surface area (Å²) < 4.78 is 25.8. The number of rotatable bonds is 11. The van der Waals surface area contributed by atoms with Gasteiger partial charge in [-0.1, -0.05) is 91.0 Å². The fourth-order valence-electron chi connectivity index (χ4n) is 5.10. The van der Waals surface area contributed by atoms with Crippen molar-refractivity contribution in [2.75, 3.05) is 13.2 Å². The Labute approximate surface area is 213 Å². The molecule has 0 aliphatic carbocycles. The van der Waals surface area contributed by atoms with Gasteiger partial charge in [-0.3, -0.25) is 0 Å². The molecule has 2 unspecified atom stereocenters. The molecule has 0 amide bonds. The smallest absolute Gasteiger partial charge is 0.114 e. The van der Waals surface area contributed by atoms with E-state index < -0.39 is 0 Å². The summed E-state index contributed by atoms with van der Waals surface area (Å²) in [5.41, 5.74) is 3.32. The molecule has 2 aliphatic rings. The van der Waals surface area contributed by atoms with Crippen molar-refractivity contribution < 1.29 is 24.1 Å². The average molecular weight is 490 g/mol. The van der Waals surface area contributed by atoms with E-state index >= 15 is 0 Å². The summed E-state index contributed by atoms with van der Waals surface area (Å²) in [6.45, 7) is 1.89. The largest absolute Gasteiger partial charge is 0.395 e. The molecule has 2 heterocycles. The molecule has 0 radical (unpaired) electrons. The van der Waals surface area contributed by atoms with Gasteiger partial charge in [0.1, 0.15) is 18.3 Å². The molecule has 0 aromatic heterocycles.